The van der Waals surface area contributed by atoms with Crippen molar-refractivity contribution in [3.05, 3.63) is 24.3 Å². The predicted molar refractivity (Wildman–Crippen MR) is 85.9 cm³/mol. The van der Waals surface area contributed by atoms with E-state index in [2.05, 4.69) is 5.32 Å². The second kappa shape index (κ2) is 6.76. The van der Waals surface area contributed by atoms with Crippen LogP contribution in [-0.4, -0.2) is 37.8 Å². The highest BCUT2D eigenvalue weighted by molar-refractivity contribution is 7.89. The Balaban J connectivity index is 2.27. The maximum Gasteiger partial charge on any atom is 0.243 e. The van der Waals surface area contributed by atoms with Crippen LogP contribution in [-0.2, 0) is 14.8 Å². The summed E-state index contributed by atoms with van der Waals surface area (Å²) in [7, 11) is -3.56. The van der Waals surface area contributed by atoms with Gasteiger partial charge in [0.25, 0.3) is 0 Å². The second-order valence-corrected chi connectivity index (χ2v) is 7.63. The number of carbonyl (C=O) groups is 1. The van der Waals surface area contributed by atoms with Crippen molar-refractivity contribution in [2.75, 3.05) is 18.4 Å². The minimum Gasteiger partial charge on any atom is -0.329 e. The SMILES string of the molecule is CC(=O)Nc1ccc(S(=O)(=O)N2CCCC(C)C2CN)cc1. The summed E-state index contributed by atoms with van der Waals surface area (Å²) in [6, 6.07) is 6.08. The number of benzene rings is 1. The molecule has 1 aromatic rings. The summed E-state index contributed by atoms with van der Waals surface area (Å²) >= 11 is 0. The van der Waals surface area contributed by atoms with E-state index in [1.807, 2.05) is 6.92 Å². The van der Waals surface area contributed by atoms with Crippen LogP contribution in [0.2, 0.25) is 0 Å². The Morgan fingerprint density at radius 1 is 1.36 bits per heavy atom. The topological polar surface area (TPSA) is 92.5 Å². The highest BCUT2D eigenvalue weighted by Gasteiger charge is 2.36. The zero-order valence-electron chi connectivity index (χ0n) is 13.0. The lowest BCUT2D eigenvalue weighted by atomic mass is 9.93. The van der Waals surface area contributed by atoms with Gasteiger partial charge in [-0.3, -0.25) is 4.79 Å². The molecule has 7 heteroatoms. The number of hydrogen-bond donors (Lipinski definition) is 2. The monoisotopic (exact) mass is 325 g/mol. The highest BCUT2D eigenvalue weighted by atomic mass is 32.2. The Hall–Kier alpha value is -1.44. The molecule has 0 aliphatic carbocycles. The highest BCUT2D eigenvalue weighted by Crippen LogP contribution is 2.29. The summed E-state index contributed by atoms with van der Waals surface area (Å²) in [6.45, 7) is 4.27. The number of sulfonamides is 1. The van der Waals surface area contributed by atoms with E-state index >= 15 is 0 Å². The molecule has 2 atom stereocenters. The fourth-order valence-electron chi connectivity index (χ4n) is 2.91. The van der Waals surface area contributed by atoms with Crippen LogP contribution < -0.4 is 11.1 Å². The standard InChI is InChI=1S/C15H23N3O3S/c1-11-4-3-9-18(15(11)10-16)22(20,21)14-7-5-13(6-8-14)17-12(2)19/h5-8,11,15H,3-4,9-10,16H2,1-2H3,(H,17,19). The number of nitrogens with zero attached hydrogens (tertiary/aromatic N) is 1. The third kappa shape index (κ3) is 3.48. The molecule has 2 unspecified atom stereocenters. The Morgan fingerprint density at radius 2 is 2.00 bits per heavy atom. The number of anilines is 1. The summed E-state index contributed by atoms with van der Waals surface area (Å²) in [5.41, 5.74) is 6.36. The first-order chi connectivity index (χ1) is 10.4. The van der Waals surface area contributed by atoms with Crippen LogP contribution >= 0.6 is 0 Å². The van der Waals surface area contributed by atoms with E-state index in [4.69, 9.17) is 5.73 Å². The van der Waals surface area contributed by atoms with Crippen LogP contribution in [0.15, 0.2) is 29.2 Å². The largest absolute Gasteiger partial charge is 0.329 e. The number of piperidine rings is 1. The molecular formula is C15H23N3O3S. The molecule has 1 fully saturated rings. The van der Waals surface area contributed by atoms with Gasteiger partial charge < -0.3 is 11.1 Å². The predicted octanol–water partition coefficient (Wildman–Crippen LogP) is 1.39. The van der Waals surface area contributed by atoms with Gasteiger partial charge in [0.2, 0.25) is 15.9 Å². The van der Waals surface area contributed by atoms with Gasteiger partial charge in [-0.05, 0) is 43.0 Å². The summed E-state index contributed by atoms with van der Waals surface area (Å²) in [4.78, 5) is 11.2. The van der Waals surface area contributed by atoms with Gasteiger partial charge in [-0.2, -0.15) is 4.31 Å². The van der Waals surface area contributed by atoms with Crippen LogP contribution in [0.4, 0.5) is 5.69 Å². The van der Waals surface area contributed by atoms with Crippen molar-refractivity contribution in [2.45, 2.75) is 37.6 Å². The third-order valence-corrected chi connectivity index (χ3v) is 6.03. The van der Waals surface area contributed by atoms with E-state index in [9.17, 15) is 13.2 Å². The minimum atomic E-state index is -3.56. The molecule has 0 radical (unpaired) electrons. The smallest absolute Gasteiger partial charge is 0.243 e. The Bertz CT molecular complexity index is 628. The van der Waals surface area contributed by atoms with E-state index in [1.54, 1.807) is 12.1 Å². The number of nitrogens with two attached hydrogens (primary N) is 1. The molecular weight excluding hydrogens is 302 g/mol. The lowest BCUT2D eigenvalue weighted by Crippen LogP contribution is -2.51. The molecule has 0 bridgehead atoms. The summed E-state index contributed by atoms with van der Waals surface area (Å²) < 4.78 is 27.2. The van der Waals surface area contributed by atoms with Crippen LogP contribution in [0.25, 0.3) is 0 Å². The van der Waals surface area contributed by atoms with Crippen molar-refractivity contribution in [1.82, 2.24) is 4.31 Å². The van der Waals surface area contributed by atoms with Crippen LogP contribution in [0, 0.1) is 5.92 Å². The second-order valence-electron chi connectivity index (χ2n) is 5.74. The maximum absolute atomic E-state index is 12.8. The number of rotatable bonds is 4. The average molecular weight is 325 g/mol. The number of amides is 1. The molecule has 3 N–H and O–H groups in total. The summed E-state index contributed by atoms with van der Waals surface area (Å²) in [5, 5.41) is 2.62. The lowest BCUT2D eigenvalue weighted by Gasteiger charge is -2.38. The van der Waals surface area contributed by atoms with Crippen LogP contribution in [0.3, 0.4) is 0 Å². The zero-order chi connectivity index (χ0) is 16.3. The molecule has 1 amide bonds. The molecule has 122 valence electrons. The molecule has 1 heterocycles. The van der Waals surface area contributed by atoms with E-state index in [0.717, 1.165) is 12.8 Å². The quantitative estimate of drug-likeness (QED) is 0.875. The van der Waals surface area contributed by atoms with Crippen molar-refractivity contribution >= 4 is 21.6 Å². The number of nitrogens with one attached hydrogen (secondary N) is 1. The first-order valence-electron chi connectivity index (χ1n) is 7.46. The fourth-order valence-corrected chi connectivity index (χ4v) is 4.68. The van der Waals surface area contributed by atoms with Gasteiger partial charge in [-0.25, -0.2) is 8.42 Å². The van der Waals surface area contributed by atoms with Crippen molar-refractivity contribution in [2.24, 2.45) is 11.7 Å². The Kier molecular flexibility index (Phi) is 5.20. The third-order valence-electron chi connectivity index (χ3n) is 4.09. The molecule has 1 saturated heterocycles. The van der Waals surface area contributed by atoms with Gasteiger partial charge in [0.05, 0.1) is 4.90 Å². The minimum absolute atomic E-state index is 0.159. The first-order valence-corrected chi connectivity index (χ1v) is 8.90. The zero-order valence-corrected chi connectivity index (χ0v) is 13.8. The molecule has 1 aliphatic heterocycles. The number of carbonyl (C=O) groups excluding carboxylic acids is 1. The normalized spacial score (nSPS) is 23.2. The molecule has 22 heavy (non-hydrogen) atoms. The maximum atomic E-state index is 12.8. The molecule has 1 aromatic carbocycles. The van der Waals surface area contributed by atoms with Gasteiger partial charge in [0, 0.05) is 31.7 Å². The van der Waals surface area contributed by atoms with Crippen molar-refractivity contribution < 1.29 is 13.2 Å². The molecule has 0 aromatic heterocycles. The molecule has 6 nitrogen and oxygen atoms in total. The lowest BCUT2D eigenvalue weighted by molar-refractivity contribution is -0.114. The molecule has 1 aliphatic rings. The van der Waals surface area contributed by atoms with Crippen LogP contribution in [0.5, 0.6) is 0 Å². The van der Waals surface area contributed by atoms with Gasteiger partial charge in [0.1, 0.15) is 0 Å². The van der Waals surface area contributed by atoms with Crippen LogP contribution in [0.1, 0.15) is 26.7 Å². The number of hydrogen-bond acceptors (Lipinski definition) is 4. The molecule has 2 rings (SSSR count). The Morgan fingerprint density at radius 3 is 2.55 bits per heavy atom. The van der Waals surface area contributed by atoms with E-state index < -0.39 is 10.0 Å². The van der Waals surface area contributed by atoms with Gasteiger partial charge >= 0.3 is 0 Å². The molecule has 0 saturated carbocycles. The summed E-state index contributed by atoms with van der Waals surface area (Å²) in [5.74, 6) is 0.0656. The first kappa shape index (κ1) is 16.9. The van der Waals surface area contributed by atoms with Crippen molar-refractivity contribution in [3.8, 4) is 0 Å². The van der Waals surface area contributed by atoms with Crippen molar-refractivity contribution in [1.29, 1.82) is 0 Å². The fraction of sp³-hybridized carbons (Fsp3) is 0.533. The van der Waals surface area contributed by atoms with E-state index in [0.29, 0.717) is 18.8 Å². The van der Waals surface area contributed by atoms with Gasteiger partial charge in [-0.1, -0.05) is 6.92 Å². The van der Waals surface area contributed by atoms with E-state index in [1.165, 1.54) is 23.4 Å². The summed E-state index contributed by atoms with van der Waals surface area (Å²) in [6.07, 6.45) is 1.84. The average Bonchev–Trinajstić information content (AvgIpc) is 2.47. The van der Waals surface area contributed by atoms with Gasteiger partial charge in [-0.15, -0.1) is 0 Å². The Labute approximate surface area is 131 Å². The molecule has 0 spiro atoms. The van der Waals surface area contributed by atoms with E-state index in [-0.39, 0.29) is 22.8 Å². The van der Waals surface area contributed by atoms with Gasteiger partial charge in [0.15, 0.2) is 0 Å². The van der Waals surface area contributed by atoms with Crippen molar-refractivity contribution in [3.63, 3.8) is 0 Å².